The maximum absolute atomic E-state index is 10.6. The minimum absolute atomic E-state index is 0.00355. The number of hydrogen-bond acceptors (Lipinski definition) is 5. The number of rotatable bonds is 9. The molecular weight excluding hydrogens is 284 g/mol. The summed E-state index contributed by atoms with van der Waals surface area (Å²) in [6, 6.07) is 7.22. The summed E-state index contributed by atoms with van der Waals surface area (Å²) in [5.74, 6) is -0.800. The number of ether oxygens (including phenoxy) is 1. The van der Waals surface area contributed by atoms with Crippen LogP contribution >= 0.6 is 11.6 Å². The molecular formula is C13H19ClN2O4. The van der Waals surface area contributed by atoms with E-state index in [1.54, 1.807) is 12.1 Å². The molecule has 0 aliphatic rings. The van der Waals surface area contributed by atoms with Crippen LogP contribution in [0.2, 0.25) is 5.02 Å². The van der Waals surface area contributed by atoms with Crippen LogP contribution in [0.5, 0.6) is 0 Å². The summed E-state index contributed by atoms with van der Waals surface area (Å²) in [5, 5.41) is 22.1. The van der Waals surface area contributed by atoms with Crippen LogP contribution in [0.15, 0.2) is 24.3 Å². The average Bonchev–Trinajstić information content (AvgIpc) is 2.40. The van der Waals surface area contributed by atoms with Gasteiger partial charge in [-0.15, -0.1) is 0 Å². The van der Waals surface area contributed by atoms with Crippen molar-refractivity contribution in [2.75, 3.05) is 19.7 Å². The predicted octanol–water partition coefficient (Wildman–Crippen LogP) is -0.347. The first-order valence-corrected chi connectivity index (χ1v) is 6.55. The summed E-state index contributed by atoms with van der Waals surface area (Å²) in [7, 11) is 0. The molecule has 20 heavy (non-hydrogen) atoms. The molecule has 5 N–H and O–H groups in total. The number of carbonyl (C=O) groups excluding carboxylic acids is 1. The number of benzene rings is 1. The van der Waals surface area contributed by atoms with E-state index in [2.05, 4.69) is 5.32 Å². The zero-order chi connectivity index (χ0) is 15.0. The Morgan fingerprint density at radius 1 is 1.30 bits per heavy atom. The van der Waals surface area contributed by atoms with Crippen LogP contribution in [-0.2, 0) is 16.1 Å². The first kappa shape index (κ1) is 16.9. The van der Waals surface area contributed by atoms with Crippen molar-refractivity contribution in [3.63, 3.8) is 0 Å². The van der Waals surface area contributed by atoms with Crippen molar-refractivity contribution in [2.45, 2.75) is 18.8 Å². The van der Waals surface area contributed by atoms with Crippen LogP contribution in [0.25, 0.3) is 0 Å². The molecule has 0 aromatic heterocycles. The second kappa shape index (κ2) is 8.89. The molecule has 1 aromatic rings. The molecule has 2 atom stereocenters. The third-order valence-electron chi connectivity index (χ3n) is 2.54. The van der Waals surface area contributed by atoms with Gasteiger partial charge in [-0.25, -0.2) is 0 Å². The highest BCUT2D eigenvalue weighted by Gasteiger charge is 2.11. The number of halogens is 1. The van der Waals surface area contributed by atoms with Crippen molar-refractivity contribution in [1.82, 2.24) is 5.32 Å². The molecule has 6 nitrogen and oxygen atoms in total. The number of primary amides is 1. The lowest BCUT2D eigenvalue weighted by Gasteiger charge is -2.13. The van der Waals surface area contributed by atoms with Crippen molar-refractivity contribution in [3.05, 3.63) is 34.9 Å². The van der Waals surface area contributed by atoms with Gasteiger partial charge in [0.15, 0.2) is 0 Å². The Bertz CT molecular complexity index is 413. The van der Waals surface area contributed by atoms with Gasteiger partial charge in [0.1, 0.15) is 6.10 Å². The van der Waals surface area contributed by atoms with Gasteiger partial charge in [0.25, 0.3) is 0 Å². The van der Waals surface area contributed by atoms with E-state index in [-0.39, 0.29) is 19.7 Å². The lowest BCUT2D eigenvalue weighted by atomic mass is 10.2. The first-order valence-electron chi connectivity index (χ1n) is 6.17. The van der Waals surface area contributed by atoms with E-state index in [0.29, 0.717) is 11.6 Å². The van der Waals surface area contributed by atoms with Gasteiger partial charge in [0.2, 0.25) is 5.91 Å². The van der Waals surface area contributed by atoms with Gasteiger partial charge in [-0.1, -0.05) is 23.7 Å². The quantitative estimate of drug-likeness (QED) is 0.499. The van der Waals surface area contributed by atoms with E-state index < -0.39 is 18.1 Å². The van der Waals surface area contributed by atoms with Crippen LogP contribution in [0.3, 0.4) is 0 Å². The molecule has 0 saturated heterocycles. The highest BCUT2D eigenvalue weighted by Crippen LogP contribution is 2.10. The molecule has 7 heteroatoms. The summed E-state index contributed by atoms with van der Waals surface area (Å²) in [4.78, 5) is 10.6. The van der Waals surface area contributed by atoms with Gasteiger partial charge < -0.3 is 26.0 Å². The fourth-order valence-corrected chi connectivity index (χ4v) is 1.57. The minimum atomic E-state index is -1.25. The normalized spacial score (nSPS) is 13.9. The van der Waals surface area contributed by atoms with E-state index >= 15 is 0 Å². The maximum Gasteiger partial charge on any atom is 0.247 e. The number of carbonyl (C=O) groups is 1. The number of aliphatic hydroxyl groups is 2. The van der Waals surface area contributed by atoms with Crippen LogP contribution in [0.4, 0.5) is 0 Å². The Balaban J connectivity index is 2.12. The Hall–Kier alpha value is -1.18. The SMILES string of the molecule is NC(=O)C(O)CNCC(O)COCc1ccc(Cl)cc1. The van der Waals surface area contributed by atoms with Gasteiger partial charge in [-0.3, -0.25) is 4.79 Å². The average molecular weight is 303 g/mol. The molecule has 0 saturated carbocycles. The smallest absolute Gasteiger partial charge is 0.247 e. The fraction of sp³-hybridized carbons (Fsp3) is 0.462. The number of amides is 1. The van der Waals surface area contributed by atoms with Gasteiger partial charge >= 0.3 is 0 Å². The highest BCUT2D eigenvalue weighted by atomic mass is 35.5. The van der Waals surface area contributed by atoms with Gasteiger partial charge in [0, 0.05) is 18.1 Å². The molecule has 0 aliphatic heterocycles. The Morgan fingerprint density at radius 2 is 1.95 bits per heavy atom. The summed E-state index contributed by atoms with van der Waals surface area (Å²) in [6.07, 6.45) is -1.99. The summed E-state index contributed by atoms with van der Waals surface area (Å²) in [6.45, 7) is 0.717. The first-order chi connectivity index (χ1) is 9.49. The molecule has 0 radical (unpaired) electrons. The van der Waals surface area contributed by atoms with Crippen molar-refractivity contribution in [3.8, 4) is 0 Å². The highest BCUT2D eigenvalue weighted by molar-refractivity contribution is 6.30. The summed E-state index contributed by atoms with van der Waals surface area (Å²) < 4.78 is 5.34. The molecule has 0 fully saturated rings. The summed E-state index contributed by atoms with van der Waals surface area (Å²) >= 11 is 5.76. The van der Waals surface area contributed by atoms with Gasteiger partial charge in [-0.2, -0.15) is 0 Å². The molecule has 1 rings (SSSR count). The number of nitrogens with one attached hydrogen (secondary N) is 1. The Kier molecular flexibility index (Phi) is 7.50. The zero-order valence-corrected chi connectivity index (χ0v) is 11.7. The second-order valence-electron chi connectivity index (χ2n) is 4.37. The fourth-order valence-electron chi connectivity index (χ4n) is 1.44. The number of aliphatic hydroxyl groups excluding tert-OH is 2. The molecule has 112 valence electrons. The third-order valence-corrected chi connectivity index (χ3v) is 2.79. The van der Waals surface area contributed by atoms with E-state index in [4.69, 9.17) is 27.2 Å². The Morgan fingerprint density at radius 3 is 2.55 bits per heavy atom. The van der Waals surface area contributed by atoms with E-state index in [9.17, 15) is 9.90 Å². The lowest BCUT2D eigenvalue weighted by Crippen LogP contribution is -2.40. The van der Waals surface area contributed by atoms with E-state index in [1.165, 1.54) is 0 Å². The van der Waals surface area contributed by atoms with Crippen molar-refractivity contribution in [2.24, 2.45) is 5.73 Å². The molecule has 1 amide bonds. The third kappa shape index (κ3) is 6.83. The number of nitrogens with two attached hydrogens (primary N) is 1. The van der Waals surface area contributed by atoms with E-state index in [0.717, 1.165) is 5.56 Å². The zero-order valence-electron chi connectivity index (χ0n) is 11.0. The largest absolute Gasteiger partial charge is 0.389 e. The monoisotopic (exact) mass is 302 g/mol. The molecule has 0 bridgehead atoms. The van der Waals surface area contributed by atoms with Crippen molar-refractivity contribution < 1.29 is 19.7 Å². The van der Waals surface area contributed by atoms with Crippen LogP contribution < -0.4 is 11.1 Å². The Labute approximate surface area is 122 Å². The van der Waals surface area contributed by atoms with E-state index in [1.807, 2.05) is 12.1 Å². The van der Waals surface area contributed by atoms with Crippen LogP contribution in [-0.4, -0.2) is 48.0 Å². The van der Waals surface area contributed by atoms with Crippen LogP contribution in [0.1, 0.15) is 5.56 Å². The molecule has 0 spiro atoms. The standard InChI is InChI=1S/C13H19ClN2O4/c14-10-3-1-9(2-4-10)7-20-8-11(17)5-16-6-12(18)13(15)19/h1-4,11-12,16-18H,5-8H2,(H2,15,19). The maximum atomic E-state index is 10.6. The minimum Gasteiger partial charge on any atom is -0.389 e. The van der Waals surface area contributed by atoms with Gasteiger partial charge in [-0.05, 0) is 17.7 Å². The molecule has 0 heterocycles. The molecule has 0 aliphatic carbocycles. The topological polar surface area (TPSA) is 105 Å². The van der Waals surface area contributed by atoms with Crippen LogP contribution in [0, 0.1) is 0 Å². The molecule has 2 unspecified atom stereocenters. The van der Waals surface area contributed by atoms with Crippen molar-refractivity contribution >= 4 is 17.5 Å². The second-order valence-corrected chi connectivity index (χ2v) is 4.81. The number of hydrogen-bond donors (Lipinski definition) is 4. The molecule has 1 aromatic carbocycles. The lowest BCUT2D eigenvalue weighted by molar-refractivity contribution is -0.125. The van der Waals surface area contributed by atoms with Gasteiger partial charge in [0.05, 0.1) is 19.3 Å². The summed E-state index contributed by atoms with van der Waals surface area (Å²) in [5.41, 5.74) is 5.84. The predicted molar refractivity (Wildman–Crippen MR) is 75.2 cm³/mol. The van der Waals surface area contributed by atoms with Crippen molar-refractivity contribution in [1.29, 1.82) is 0 Å².